The third-order valence-electron chi connectivity index (χ3n) is 2.18. The van der Waals surface area contributed by atoms with Crippen LogP contribution in [0.1, 0.15) is 30.9 Å². The monoisotopic (exact) mass is 236 g/mol. The van der Waals surface area contributed by atoms with Gasteiger partial charge in [-0.1, -0.05) is 0 Å². The van der Waals surface area contributed by atoms with Gasteiger partial charge in [-0.25, -0.2) is 4.39 Å². The summed E-state index contributed by atoms with van der Waals surface area (Å²) in [5.74, 6) is -0.581. The minimum atomic E-state index is -4.18. The van der Waals surface area contributed by atoms with E-state index in [9.17, 15) is 17.6 Å². The van der Waals surface area contributed by atoms with Crippen LogP contribution in [0.3, 0.4) is 0 Å². The van der Waals surface area contributed by atoms with Gasteiger partial charge in [0.05, 0.1) is 6.20 Å². The van der Waals surface area contributed by atoms with Crippen molar-refractivity contribution in [3.05, 3.63) is 29.8 Å². The van der Waals surface area contributed by atoms with E-state index in [0.29, 0.717) is 0 Å². The molecule has 0 aliphatic carbocycles. The quantitative estimate of drug-likeness (QED) is 0.816. The zero-order valence-corrected chi connectivity index (χ0v) is 8.47. The highest BCUT2D eigenvalue weighted by molar-refractivity contribution is 5.16. The summed E-state index contributed by atoms with van der Waals surface area (Å²) >= 11 is 0. The van der Waals surface area contributed by atoms with Crippen molar-refractivity contribution in [1.82, 2.24) is 4.98 Å². The molecular weight excluding hydrogens is 224 g/mol. The van der Waals surface area contributed by atoms with E-state index >= 15 is 0 Å². The summed E-state index contributed by atoms with van der Waals surface area (Å²) in [6, 6.07) is 0.665. The van der Waals surface area contributed by atoms with E-state index in [4.69, 9.17) is 5.73 Å². The number of halogens is 4. The molecule has 0 saturated heterocycles. The first-order valence-corrected chi connectivity index (χ1v) is 4.82. The highest BCUT2D eigenvalue weighted by Crippen LogP contribution is 2.25. The Balaban J connectivity index is 2.47. The van der Waals surface area contributed by atoms with E-state index in [-0.39, 0.29) is 18.4 Å². The van der Waals surface area contributed by atoms with E-state index in [0.717, 1.165) is 6.20 Å². The molecule has 1 aromatic heterocycles. The predicted octanol–water partition coefficient (Wildman–Crippen LogP) is 2.95. The zero-order chi connectivity index (χ0) is 12.2. The van der Waals surface area contributed by atoms with Gasteiger partial charge in [-0.05, 0) is 18.9 Å². The number of nitrogens with zero attached hydrogens (tertiary/aromatic N) is 1. The van der Waals surface area contributed by atoms with Crippen LogP contribution in [0.2, 0.25) is 0 Å². The van der Waals surface area contributed by atoms with Crippen LogP contribution >= 0.6 is 0 Å². The number of pyridine rings is 1. The first kappa shape index (κ1) is 12.9. The molecule has 1 aromatic rings. The molecule has 16 heavy (non-hydrogen) atoms. The minimum absolute atomic E-state index is 0.0977. The molecule has 2 N–H and O–H groups in total. The van der Waals surface area contributed by atoms with Crippen LogP contribution in [0.4, 0.5) is 17.6 Å². The standard InChI is InChI=1S/C10H12F4N2/c11-8-6-16-5-3-7(8)9(15)2-1-4-10(12,13)14/h3,5-6,9H,1-2,4,15H2. The maximum absolute atomic E-state index is 13.1. The molecule has 6 heteroatoms. The largest absolute Gasteiger partial charge is 0.389 e. The average Bonchev–Trinajstić information content (AvgIpc) is 2.16. The van der Waals surface area contributed by atoms with Gasteiger partial charge < -0.3 is 5.73 Å². The van der Waals surface area contributed by atoms with Crippen molar-refractivity contribution in [2.45, 2.75) is 31.5 Å². The van der Waals surface area contributed by atoms with Gasteiger partial charge in [0.25, 0.3) is 0 Å². The highest BCUT2D eigenvalue weighted by Gasteiger charge is 2.26. The molecule has 1 atom stereocenters. The van der Waals surface area contributed by atoms with Crippen molar-refractivity contribution >= 4 is 0 Å². The lowest BCUT2D eigenvalue weighted by Crippen LogP contribution is -2.14. The van der Waals surface area contributed by atoms with Gasteiger partial charge in [-0.3, -0.25) is 4.98 Å². The molecule has 0 fully saturated rings. The normalized spacial score (nSPS) is 13.8. The molecule has 0 spiro atoms. The molecular formula is C10H12F4N2. The van der Waals surface area contributed by atoms with Gasteiger partial charge in [0.15, 0.2) is 0 Å². The summed E-state index contributed by atoms with van der Waals surface area (Å²) < 4.78 is 48.7. The molecule has 0 aliphatic heterocycles. The Bertz CT molecular complexity index is 338. The number of alkyl halides is 3. The van der Waals surface area contributed by atoms with E-state index in [1.807, 2.05) is 0 Å². The Morgan fingerprint density at radius 1 is 1.38 bits per heavy atom. The van der Waals surface area contributed by atoms with Gasteiger partial charge in [0.2, 0.25) is 0 Å². The SMILES string of the molecule is NC(CCCC(F)(F)F)c1ccncc1F. The molecule has 0 bridgehead atoms. The summed E-state index contributed by atoms with van der Waals surface area (Å²) in [6.45, 7) is 0. The van der Waals surface area contributed by atoms with Crippen LogP contribution in [-0.2, 0) is 0 Å². The Morgan fingerprint density at radius 2 is 2.06 bits per heavy atom. The molecule has 1 unspecified atom stereocenters. The van der Waals surface area contributed by atoms with Crippen molar-refractivity contribution in [1.29, 1.82) is 0 Å². The van der Waals surface area contributed by atoms with Crippen LogP contribution < -0.4 is 5.73 Å². The maximum atomic E-state index is 13.1. The summed E-state index contributed by atoms with van der Waals surface area (Å²) in [5.41, 5.74) is 5.80. The number of hydrogen-bond acceptors (Lipinski definition) is 2. The maximum Gasteiger partial charge on any atom is 0.389 e. The van der Waals surface area contributed by atoms with E-state index in [2.05, 4.69) is 4.98 Å². The summed E-state index contributed by atoms with van der Waals surface area (Å²) in [7, 11) is 0. The van der Waals surface area contributed by atoms with Crippen molar-refractivity contribution in [2.24, 2.45) is 5.73 Å². The third kappa shape index (κ3) is 4.14. The number of aromatic nitrogens is 1. The van der Waals surface area contributed by atoms with Gasteiger partial charge in [-0.2, -0.15) is 13.2 Å². The van der Waals surface area contributed by atoms with Crippen molar-refractivity contribution < 1.29 is 17.6 Å². The Labute approximate surface area is 90.5 Å². The van der Waals surface area contributed by atoms with Crippen molar-refractivity contribution in [3.63, 3.8) is 0 Å². The van der Waals surface area contributed by atoms with E-state index in [1.54, 1.807) is 0 Å². The van der Waals surface area contributed by atoms with Crippen LogP contribution in [0.25, 0.3) is 0 Å². The van der Waals surface area contributed by atoms with Crippen molar-refractivity contribution in [3.8, 4) is 0 Å². The summed E-state index contributed by atoms with van der Waals surface area (Å²) in [4.78, 5) is 3.54. The van der Waals surface area contributed by atoms with Crippen LogP contribution in [0.5, 0.6) is 0 Å². The average molecular weight is 236 g/mol. The Kier molecular flexibility index (Phi) is 4.23. The zero-order valence-electron chi connectivity index (χ0n) is 8.47. The fourth-order valence-electron chi connectivity index (χ4n) is 1.36. The Morgan fingerprint density at radius 3 is 2.62 bits per heavy atom. The topological polar surface area (TPSA) is 38.9 Å². The lowest BCUT2D eigenvalue weighted by Gasteiger charge is -2.13. The first-order chi connectivity index (χ1) is 7.40. The van der Waals surface area contributed by atoms with E-state index in [1.165, 1.54) is 12.3 Å². The van der Waals surface area contributed by atoms with Gasteiger partial charge in [0, 0.05) is 24.2 Å². The highest BCUT2D eigenvalue weighted by atomic mass is 19.4. The van der Waals surface area contributed by atoms with Gasteiger partial charge >= 0.3 is 6.18 Å². The lowest BCUT2D eigenvalue weighted by atomic mass is 10.0. The fourth-order valence-corrected chi connectivity index (χ4v) is 1.36. The second-order valence-electron chi connectivity index (χ2n) is 3.51. The molecule has 1 heterocycles. The van der Waals surface area contributed by atoms with Gasteiger partial charge in [-0.15, -0.1) is 0 Å². The third-order valence-corrected chi connectivity index (χ3v) is 2.18. The van der Waals surface area contributed by atoms with Crippen LogP contribution in [0, 0.1) is 5.82 Å². The number of nitrogens with two attached hydrogens (primary N) is 1. The fraction of sp³-hybridized carbons (Fsp3) is 0.500. The lowest BCUT2D eigenvalue weighted by molar-refractivity contribution is -0.135. The number of hydrogen-bond donors (Lipinski definition) is 1. The molecule has 0 radical (unpaired) electrons. The first-order valence-electron chi connectivity index (χ1n) is 4.82. The molecule has 0 amide bonds. The minimum Gasteiger partial charge on any atom is -0.324 e. The molecule has 0 aromatic carbocycles. The summed E-state index contributed by atoms with van der Waals surface area (Å²) in [6.07, 6.45) is -2.72. The Hall–Kier alpha value is -1.17. The van der Waals surface area contributed by atoms with E-state index < -0.39 is 24.5 Å². The smallest absolute Gasteiger partial charge is 0.324 e. The molecule has 90 valence electrons. The predicted molar refractivity (Wildman–Crippen MR) is 51.0 cm³/mol. The van der Waals surface area contributed by atoms with Crippen molar-refractivity contribution in [2.75, 3.05) is 0 Å². The molecule has 0 aliphatic rings. The van der Waals surface area contributed by atoms with Crippen LogP contribution in [-0.4, -0.2) is 11.2 Å². The molecule has 0 saturated carbocycles. The second kappa shape index (κ2) is 5.25. The van der Waals surface area contributed by atoms with Crippen LogP contribution in [0.15, 0.2) is 18.5 Å². The molecule has 2 nitrogen and oxygen atoms in total. The summed E-state index contributed by atoms with van der Waals surface area (Å²) in [5, 5.41) is 0. The molecule has 1 rings (SSSR count). The second-order valence-corrected chi connectivity index (χ2v) is 3.51. The number of rotatable bonds is 4. The van der Waals surface area contributed by atoms with Gasteiger partial charge in [0.1, 0.15) is 5.82 Å².